The quantitative estimate of drug-likeness (QED) is 0.416. The Hall–Kier alpha value is -1.58. The van der Waals surface area contributed by atoms with Crippen molar-refractivity contribution in [2.24, 2.45) is 0 Å². The second kappa shape index (κ2) is 6.82. The van der Waals surface area contributed by atoms with Gasteiger partial charge in [0, 0.05) is 16.9 Å². The van der Waals surface area contributed by atoms with E-state index in [1.807, 2.05) is 6.92 Å². The van der Waals surface area contributed by atoms with Gasteiger partial charge in [-0.1, -0.05) is 13.3 Å². The van der Waals surface area contributed by atoms with Gasteiger partial charge in [0.1, 0.15) is 0 Å². The van der Waals surface area contributed by atoms with E-state index in [0.717, 1.165) is 12.8 Å². The lowest BCUT2D eigenvalue weighted by Crippen LogP contribution is -2.47. The molecule has 0 bridgehead atoms. The summed E-state index contributed by atoms with van der Waals surface area (Å²) in [7, 11) is 0. The fraction of sp³-hybridized carbons (Fsp3) is 0.500. The Morgan fingerprint density at radius 2 is 2.19 bits per heavy atom. The molecule has 4 heteroatoms. The predicted molar refractivity (Wildman–Crippen MR) is 58.9 cm³/mol. The minimum atomic E-state index is -0.345. The first-order chi connectivity index (χ1) is 7.79. The highest BCUT2D eigenvalue weighted by Gasteiger charge is 2.21. The zero-order valence-electron chi connectivity index (χ0n) is 9.81. The number of unbranched alkanes of at least 4 members (excludes halogenated alkanes) is 1. The van der Waals surface area contributed by atoms with Crippen LogP contribution in [0.3, 0.4) is 0 Å². The van der Waals surface area contributed by atoms with Crippen molar-refractivity contribution in [1.82, 2.24) is 0 Å². The van der Waals surface area contributed by atoms with E-state index in [9.17, 15) is 4.79 Å². The summed E-state index contributed by atoms with van der Waals surface area (Å²) in [6, 6.07) is 5.27. The van der Waals surface area contributed by atoms with E-state index < -0.39 is 0 Å². The largest absolute Gasteiger partial charge is 0.458 e. The molecule has 0 aliphatic carbocycles. The van der Waals surface area contributed by atoms with E-state index in [1.165, 1.54) is 4.73 Å². The molecule has 0 aliphatic heterocycles. The molecular formula is C12H18NO3+. The fourth-order valence-electron chi connectivity index (χ4n) is 1.22. The molecule has 16 heavy (non-hydrogen) atoms. The molecule has 0 spiro atoms. The second-order valence-corrected chi connectivity index (χ2v) is 3.32. The number of hydrogen-bond donors (Lipinski definition) is 0. The van der Waals surface area contributed by atoms with Crippen molar-refractivity contribution >= 4 is 5.97 Å². The molecule has 0 saturated carbocycles. The Kier molecular flexibility index (Phi) is 5.32. The summed E-state index contributed by atoms with van der Waals surface area (Å²) in [6.45, 7) is 4.88. The number of nitrogens with zero attached hydrogens (tertiary/aromatic N) is 1. The number of carbonyl (C=O) groups excluding carboxylic acids is 1. The number of rotatable bonds is 6. The first-order valence-electron chi connectivity index (χ1n) is 5.60. The van der Waals surface area contributed by atoms with E-state index in [4.69, 9.17) is 9.57 Å². The van der Waals surface area contributed by atoms with Crippen LogP contribution in [0.2, 0.25) is 0 Å². The molecular weight excluding hydrogens is 206 g/mol. The predicted octanol–water partition coefficient (Wildman–Crippen LogP) is 1.38. The molecule has 0 N–H and O–H groups in total. The molecule has 1 aromatic rings. The van der Waals surface area contributed by atoms with Crippen molar-refractivity contribution in [3.05, 3.63) is 30.1 Å². The Bertz CT molecular complexity index is 339. The van der Waals surface area contributed by atoms with Crippen LogP contribution >= 0.6 is 0 Å². The molecule has 0 fully saturated rings. The molecule has 0 radical (unpaired) electrons. The Labute approximate surface area is 95.8 Å². The van der Waals surface area contributed by atoms with Crippen molar-refractivity contribution in [3.63, 3.8) is 0 Å². The molecule has 1 heterocycles. The Morgan fingerprint density at radius 1 is 1.38 bits per heavy atom. The van der Waals surface area contributed by atoms with Crippen LogP contribution in [-0.2, 0) is 4.74 Å². The fourth-order valence-corrected chi connectivity index (χ4v) is 1.22. The van der Waals surface area contributed by atoms with Gasteiger partial charge >= 0.3 is 11.7 Å². The van der Waals surface area contributed by atoms with Gasteiger partial charge in [-0.05, 0) is 19.4 Å². The van der Waals surface area contributed by atoms with Gasteiger partial charge in [-0.25, -0.2) is 4.79 Å². The van der Waals surface area contributed by atoms with E-state index in [0.29, 0.717) is 18.9 Å². The monoisotopic (exact) mass is 224 g/mol. The first kappa shape index (κ1) is 12.5. The van der Waals surface area contributed by atoms with Crippen molar-refractivity contribution in [2.75, 3.05) is 13.2 Å². The van der Waals surface area contributed by atoms with E-state index >= 15 is 0 Å². The lowest BCUT2D eigenvalue weighted by atomic mass is 10.3. The number of hydrogen-bond acceptors (Lipinski definition) is 3. The van der Waals surface area contributed by atoms with Crippen LogP contribution in [0.15, 0.2) is 24.4 Å². The number of esters is 1. The molecule has 0 aromatic carbocycles. The highest BCUT2D eigenvalue weighted by Crippen LogP contribution is 1.97. The van der Waals surface area contributed by atoms with Crippen molar-refractivity contribution in [2.45, 2.75) is 26.7 Å². The molecule has 0 unspecified atom stereocenters. The van der Waals surface area contributed by atoms with Gasteiger partial charge in [0.15, 0.2) is 6.61 Å². The Balaban J connectivity index is 2.66. The van der Waals surface area contributed by atoms with Crippen LogP contribution in [0.5, 0.6) is 0 Å². The zero-order chi connectivity index (χ0) is 11.8. The van der Waals surface area contributed by atoms with Gasteiger partial charge in [-0.2, -0.15) is 0 Å². The molecule has 4 nitrogen and oxygen atoms in total. The van der Waals surface area contributed by atoms with Gasteiger partial charge in [0.2, 0.25) is 6.20 Å². The van der Waals surface area contributed by atoms with Crippen LogP contribution in [0.4, 0.5) is 0 Å². The minimum Gasteiger partial charge on any atom is -0.458 e. The summed E-state index contributed by atoms with van der Waals surface area (Å²) in [6.07, 6.45) is 3.58. The number of pyridine rings is 1. The molecule has 1 rings (SSSR count). The van der Waals surface area contributed by atoms with Crippen molar-refractivity contribution in [1.29, 1.82) is 0 Å². The molecule has 0 aliphatic rings. The van der Waals surface area contributed by atoms with E-state index in [1.54, 1.807) is 24.4 Å². The van der Waals surface area contributed by atoms with Crippen molar-refractivity contribution < 1.29 is 19.1 Å². The highest BCUT2D eigenvalue weighted by atomic mass is 16.7. The summed E-state index contributed by atoms with van der Waals surface area (Å²) < 4.78 is 6.55. The maximum atomic E-state index is 11.7. The SMILES string of the molecule is CCCCOC(=O)c1cccc[n+]1OCC. The number of carbonyl (C=O) groups is 1. The molecule has 0 amide bonds. The summed E-state index contributed by atoms with van der Waals surface area (Å²) in [5.41, 5.74) is 0.417. The van der Waals surface area contributed by atoms with E-state index in [-0.39, 0.29) is 5.97 Å². The number of aromatic nitrogens is 1. The van der Waals surface area contributed by atoms with Gasteiger partial charge < -0.3 is 4.74 Å². The van der Waals surface area contributed by atoms with Crippen LogP contribution in [0, 0.1) is 0 Å². The summed E-state index contributed by atoms with van der Waals surface area (Å²) in [5, 5.41) is 0. The smallest absolute Gasteiger partial charge is 0.408 e. The maximum Gasteiger partial charge on any atom is 0.408 e. The standard InChI is InChI=1S/C12H18NO3/c1-3-5-10-15-12(14)11-8-6-7-9-13(11)16-4-2/h6-9H,3-5,10H2,1-2H3/q+1. The third-order valence-corrected chi connectivity index (χ3v) is 2.03. The second-order valence-electron chi connectivity index (χ2n) is 3.32. The highest BCUT2D eigenvalue weighted by molar-refractivity contribution is 5.85. The third-order valence-electron chi connectivity index (χ3n) is 2.03. The van der Waals surface area contributed by atoms with Gasteiger partial charge in [-0.15, -0.1) is 0 Å². The lowest BCUT2D eigenvalue weighted by Gasteiger charge is -2.02. The lowest BCUT2D eigenvalue weighted by molar-refractivity contribution is -0.892. The summed E-state index contributed by atoms with van der Waals surface area (Å²) in [4.78, 5) is 17.0. The van der Waals surface area contributed by atoms with Gasteiger partial charge in [-0.3, -0.25) is 4.84 Å². The van der Waals surface area contributed by atoms with Gasteiger partial charge in [0.25, 0.3) is 0 Å². The first-order valence-corrected chi connectivity index (χ1v) is 5.60. The summed E-state index contributed by atoms with van der Waals surface area (Å²) >= 11 is 0. The van der Waals surface area contributed by atoms with Crippen LogP contribution in [0.25, 0.3) is 0 Å². The summed E-state index contributed by atoms with van der Waals surface area (Å²) in [5.74, 6) is -0.345. The number of ether oxygens (including phenoxy) is 1. The van der Waals surface area contributed by atoms with E-state index in [2.05, 4.69) is 6.92 Å². The zero-order valence-corrected chi connectivity index (χ0v) is 9.81. The molecule has 88 valence electrons. The van der Waals surface area contributed by atoms with Gasteiger partial charge in [0.05, 0.1) is 6.61 Å². The van der Waals surface area contributed by atoms with Crippen LogP contribution in [-0.4, -0.2) is 19.2 Å². The molecule has 0 atom stereocenters. The topological polar surface area (TPSA) is 39.4 Å². The minimum absolute atomic E-state index is 0.345. The molecule has 1 aromatic heterocycles. The average molecular weight is 224 g/mol. The maximum absolute atomic E-state index is 11.7. The Morgan fingerprint density at radius 3 is 2.88 bits per heavy atom. The van der Waals surface area contributed by atoms with Crippen LogP contribution in [0.1, 0.15) is 37.2 Å². The average Bonchev–Trinajstić information content (AvgIpc) is 2.30. The molecule has 0 saturated heterocycles. The van der Waals surface area contributed by atoms with Crippen molar-refractivity contribution in [3.8, 4) is 0 Å². The van der Waals surface area contributed by atoms with Crippen LogP contribution < -0.4 is 9.57 Å². The third kappa shape index (κ3) is 3.53. The normalized spacial score (nSPS) is 9.88.